The maximum atomic E-state index is 13.4. The molecule has 1 saturated carbocycles. The normalized spacial score (nSPS) is 21.9. The maximum Gasteiger partial charge on any atom is 0.253 e. The van der Waals surface area contributed by atoms with Crippen molar-refractivity contribution in [3.8, 4) is 17.4 Å². The van der Waals surface area contributed by atoms with Gasteiger partial charge in [0.1, 0.15) is 5.65 Å². The van der Waals surface area contributed by atoms with Gasteiger partial charge < -0.3 is 24.1 Å². The van der Waals surface area contributed by atoms with Crippen molar-refractivity contribution in [3.05, 3.63) is 42.0 Å². The summed E-state index contributed by atoms with van der Waals surface area (Å²) in [7, 11) is 3.70. The fourth-order valence-electron chi connectivity index (χ4n) is 6.11. The highest BCUT2D eigenvalue weighted by atomic mass is 16.5. The molecule has 1 aromatic carbocycles. The number of fused-ring (bicyclic) bond motifs is 3. The van der Waals surface area contributed by atoms with Gasteiger partial charge in [-0.15, -0.1) is 0 Å². The summed E-state index contributed by atoms with van der Waals surface area (Å²) in [4.78, 5) is 25.2. The Morgan fingerprint density at radius 1 is 1.11 bits per heavy atom. The number of amides is 1. The molecule has 2 atom stereocenters. The first-order chi connectivity index (χ1) is 17.6. The van der Waals surface area contributed by atoms with Gasteiger partial charge in [0.15, 0.2) is 5.82 Å². The van der Waals surface area contributed by atoms with Gasteiger partial charge in [-0.1, -0.05) is 0 Å². The van der Waals surface area contributed by atoms with E-state index < -0.39 is 0 Å². The van der Waals surface area contributed by atoms with Gasteiger partial charge in [-0.25, -0.2) is 4.98 Å². The van der Waals surface area contributed by atoms with Gasteiger partial charge >= 0.3 is 0 Å². The minimum Gasteiger partial charge on any atom is -0.481 e. The lowest BCUT2D eigenvalue weighted by atomic mass is 9.92. The number of carbonyl (C=O) groups is 1. The third-order valence-corrected chi connectivity index (χ3v) is 8.39. The molecule has 8 heteroatoms. The maximum absolute atomic E-state index is 13.4. The number of methoxy groups -OCH3 is 1. The second kappa shape index (κ2) is 8.34. The van der Waals surface area contributed by atoms with Gasteiger partial charge in [0.05, 0.1) is 23.8 Å². The second-order valence-corrected chi connectivity index (χ2v) is 10.7. The zero-order chi connectivity index (χ0) is 24.4. The third kappa shape index (κ3) is 3.58. The third-order valence-electron chi connectivity index (χ3n) is 8.39. The van der Waals surface area contributed by atoms with Crippen LogP contribution in [0.1, 0.15) is 36.0 Å². The van der Waals surface area contributed by atoms with E-state index in [1.165, 1.54) is 19.3 Å². The Hall–Kier alpha value is -3.39. The number of nitrogens with zero attached hydrogens (tertiary/aromatic N) is 5. The van der Waals surface area contributed by atoms with Crippen molar-refractivity contribution in [3.63, 3.8) is 0 Å². The Morgan fingerprint density at radius 2 is 2.00 bits per heavy atom. The fourth-order valence-corrected chi connectivity index (χ4v) is 6.11. The standard InChI is InChI=1S/C28H32N6O2/c1-32-23-7-5-20(28(35)33-12-10-18-9-11-29-22(18)16-33)13-21(23)30-27(32)24-14-19-6-8-25(36-2)31-26(19)34(24)15-17-3-4-17/h5-8,13-14,17-18,22,29H,3-4,9-12,15-16H2,1-2H3/t18-,22+/m0/s1. The Morgan fingerprint density at radius 3 is 2.83 bits per heavy atom. The average Bonchev–Trinajstić information content (AvgIpc) is 3.34. The molecule has 1 aliphatic carbocycles. The molecule has 4 aromatic rings. The van der Waals surface area contributed by atoms with Gasteiger partial charge in [-0.2, -0.15) is 4.98 Å². The lowest BCUT2D eigenvalue weighted by Gasteiger charge is -2.35. The number of rotatable bonds is 5. The number of benzene rings is 1. The van der Waals surface area contributed by atoms with Gasteiger partial charge in [-0.3, -0.25) is 4.79 Å². The summed E-state index contributed by atoms with van der Waals surface area (Å²) in [6.45, 7) is 3.63. The van der Waals surface area contributed by atoms with Crippen LogP contribution < -0.4 is 10.1 Å². The number of likely N-dealkylation sites (tertiary alicyclic amines) is 1. The smallest absolute Gasteiger partial charge is 0.253 e. The lowest BCUT2D eigenvalue weighted by Crippen LogP contribution is -2.48. The Labute approximate surface area is 210 Å². The van der Waals surface area contributed by atoms with Crippen LogP contribution in [0.15, 0.2) is 36.4 Å². The molecule has 3 aromatic heterocycles. The predicted molar refractivity (Wildman–Crippen MR) is 139 cm³/mol. The van der Waals surface area contributed by atoms with E-state index in [4.69, 9.17) is 14.7 Å². The number of piperidine rings is 1. The number of aromatic nitrogens is 4. The summed E-state index contributed by atoms with van der Waals surface area (Å²) in [5.41, 5.74) is 4.57. The molecule has 5 heterocycles. The van der Waals surface area contributed by atoms with Crippen LogP contribution in [0.25, 0.3) is 33.6 Å². The molecule has 3 aliphatic rings. The number of hydrogen-bond donors (Lipinski definition) is 1. The van der Waals surface area contributed by atoms with Gasteiger partial charge in [0.2, 0.25) is 5.88 Å². The molecule has 1 amide bonds. The molecule has 3 fully saturated rings. The molecule has 36 heavy (non-hydrogen) atoms. The van der Waals surface area contributed by atoms with Crippen LogP contribution in [0.4, 0.5) is 0 Å². The fraction of sp³-hybridized carbons (Fsp3) is 0.464. The Kier molecular flexibility index (Phi) is 5.06. The van der Waals surface area contributed by atoms with Crippen LogP contribution in [0, 0.1) is 11.8 Å². The number of nitrogens with one attached hydrogen (secondary N) is 1. The van der Waals surface area contributed by atoms with Gasteiger partial charge in [0.25, 0.3) is 5.91 Å². The van der Waals surface area contributed by atoms with Crippen molar-refractivity contribution in [2.75, 3.05) is 26.7 Å². The van der Waals surface area contributed by atoms with Crippen molar-refractivity contribution in [1.82, 2.24) is 29.3 Å². The summed E-state index contributed by atoms with van der Waals surface area (Å²) < 4.78 is 9.83. The van der Waals surface area contributed by atoms with E-state index in [9.17, 15) is 4.79 Å². The van der Waals surface area contributed by atoms with E-state index in [-0.39, 0.29) is 5.91 Å². The molecular weight excluding hydrogens is 452 g/mol. The first-order valence-electron chi connectivity index (χ1n) is 13.1. The highest BCUT2D eigenvalue weighted by molar-refractivity contribution is 5.98. The van der Waals surface area contributed by atoms with E-state index in [2.05, 4.69) is 33.6 Å². The van der Waals surface area contributed by atoms with Crippen LogP contribution in [0.5, 0.6) is 5.88 Å². The van der Waals surface area contributed by atoms with E-state index in [1.807, 2.05) is 29.2 Å². The van der Waals surface area contributed by atoms with E-state index in [1.54, 1.807) is 7.11 Å². The van der Waals surface area contributed by atoms with E-state index in [0.717, 1.165) is 66.2 Å². The van der Waals surface area contributed by atoms with Gasteiger partial charge in [-0.05, 0) is 74.4 Å². The number of ether oxygens (including phenoxy) is 1. The quantitative estimate of drug-likeness (QED) is 0.466. The number of carbonyl (C=O) groups excluding carboxylic acids is 1. The van der Waals surface area contributed by atoms with Crippen LogP contribution in [0.2, 0.25) is 0 Å². The molecule has 186 valence electrons. The Bertz CT molecular complexity index is 1480. The number of imidazole rings is 1. The molecule has 2 aliphatic heterocycles. The van der Waals surface area contributed by atoms with Crippen molar-refractivity contribution < 1.29 is 9.53 Å². The van der Waals surface area contributed by atoms with Crippen LogP contribution >= 0.6 is 0 Å². The van der Waals surface area contributed by atoms with E-state index >= 15 is 0 Å². The summed E-state index contributed by atoms with van der Waals surface area (Å²) in [5, 5.41) is 4.65. The molecule has 1 N–H and O–H groups in total. The second-order valence-electron chi connectivity index (χ2n) is 10.7. The van der Waals surface area contributed by atoms with Crippen LogP contribution in [-0.4, -0.2) is 62.7 Å². The number of hydrogen-bond acceptors (Lipinski definition) is 5. The largest absolute Gasteiger partial charge is 0.481 e. The van der Waals surface area contributed by atoms with Crippen molar-refractivity contribution in [1.29, 1.82) is 0 Å². The monoisotopic (exact) mass is 484 g/mol. The van der Waals surface area contributed by atoms with Crippen molar-refractivity contribution in [2.24, 2.45) is 18.9 Å². The van der Waals surface area contributed by atoms with E-state index in [0.29, 0.717) is 29.3 Å². The minimum absolute atomic E-state index is 0.107. The minimum atomic E-state index is 0.107. The van der Waals surface area contributed by atoms with Gasteiger partial charge in [0, 0.05) is 49.7 Å². The lowest BCUT2D eigenvalue weighted by molar-refractivity contribution is 0.0669. The molecule has 0 unspecified atom stereocenters. The SMILES string of the molecule is COc1ccc2cc(-c3nc4cc(C(=O)N5CC[C@@H]6CCN[C@@H]6C5)ccc4n3C)n(CC3CC3)c2n1. The summed E-state index contributed by atoms with van der Waals surface area (Å²) in [5.74, 6) is 3.02. The summed E-state index contributed by atoms with van der Waals surface area (Å²) in [6, 6.07) is 12.5. The van der Waals surface area contributed by atoms with Crippen LogP contribution in [-0.2, 0) is 13.6 Å². The summed E-state index contributed by atoms with van der Waals surface area (Å²) in [6.07, 6.45) is 4.83. The first-order valence-corrected chi connectivity index (χ1v) is 13.1. The zero-order valence-electron chi connectivity index (χ0n) is 20.9. The molecular formula is C28H32N6O2. The molecule has 0 radical (unpaired) electrons. The highest BCUT2D eigenvalue weighted by Crippen LogP contribution is 2.36. The summed E-state index contributed by atoms with van der Waals surface area (Å²) >= 11 is 0. The molecule has 0 bridgehead atoms. The molecule has 0 spiro atoms. The molecule has 2 saturated heterocycles. The zero-order valence-corrected chi connectivity index (χ0v) is 20.9. The first kappa shape index (κ1) is 21.9. The predicted octanol–water partition coefficient (Wildman–Crippen LogP) is 3.83. The van der Waals surface area contributed by atoms with Crippen molar-refractivity contribution in [2.45, 2.75) is 38.3 Å². The highest BCUT2D eigenvalue weighted by Gasteiger charge is 2.34. The molecule has 7 rings (SSSR count). The molecule has 8 nitrogen and oxygen atoms in total. The Balaban J connectivity index is 1.26. The van der Waals surface area contributed by atoms with Crippen LogP contribution in [0.3, 0.4) is 0 Å². The topological polar surface area (TPSA) is 77.2 Å². The number of pyridine rings is 1. The average molecular weight is 485 g/mol. The van der Waals surface area contributed by atoms with Crippen molar-refractivity contribution >= 4 is 28.0 Å². The number of aryl methyl sites for hydroxylation is 1.